The first-order valence-corrected chi connectivity index (χ1v) is 8.15. The molecule has 0 aliphatic rings. The first kappa shape index (κ1) is 16.4. The molecule has 2 heteroatoms. The Kier molecular flexibility index (Phi) is 8.81. The largest absolute Gasteiger partial charge is 0.206 e. The molecule has 0 radical (unpaired) electrons. The monoisotopic (exact) mass is 326 g/mol. The lowest BCUT2D eigenvalue weighted by atomic mass is 10.1. The van der Waals surface area contributed by atoms with Crippen LogP contribution in [-0.2, 0) is 0 Å². The summed E-state index contributed by atoms with van der Waals surface area (Å²) >= 11 is 3.20. The van der Waals surface area contributed by atoms with Crippen LogP contribution in [0.5, 0.6) is 0 Å². The zero-order chi connectivity index (χ0) is 13.9. The molecule has 0 amide bonds. The van der Waals surface area contributed by atoms with E-state index in [1.165, 1.54) is 51.0 Å². The summed E-state index contributed by atoms with van der Waals surface area (Å²) in [5.41, 5.74) is 1.05. The molecular weight excluding hydrogens is 303 g/mol. The zero-order valence-corrected chi connectivity index (χ0v) is 13.4. The predicted molar refractivity (Wildman–Crippen MR) is 85.7 cm³/mol. The first-order valence-electron chi connectivity index (χ1n) is 7.35. The number of unbranched alkanes of at least 4 members (excludes halogenated alkanes) is 7. The fraction of sp³-hybridized carbons (Fsp3) is 0.529. The van der Waals surface area contributed by atoms with E-state index in [0.29, 0.717) is 4.47 Å². The molecule has 0 fully saturated rings. The van der Waals surface area contributed by atoms with Gasteiger partial charge >= 0.3 is 0 Å². The van der Waals surface area contributed by atoms with Crippen LogP contribution < -0.4 is 0 Å². The summed E-state index contributed by atoms with van der Waals surface area (Å²) in [7, 11) is 0. The Morgan fingerprint density at radius 1 is 1.05 bits per heavy atom. The third-order valence-electron chi connectivity index (χ3n) is 3.23. The molecule has 0 aromatic heterocycles. The van der Waals surface area contributed by atoms with Crippen LogP contribution in [0, 0.1) is 5.82 Å². The highest BCUT2D eigenvalue weighted by molar-refractivity contribution is 9.10. The summed E-state index contributed by atoms with van der Waals surface area (Å²) < 4.78 is 13.6. The first-order chi connectivity index (χ1) is 9.24. The molecule has 0 saturated carbocycles. The molecular formula is C17H24BrF. The Morgan fingerprint density at radius 3 is 2.42 bits per heavy atom. The van der Waals surface area contributed by atoms with E-state index < -0.39 is 0 Å². The third-order valence-corrected chi connectivity index (χ3v) is 3.84. The predicted octanol–water partition coefficient (Wildman–Crippen LogP) is 6.74. The van der Waals surface area contributed by atoms with Gasteiger partial charge in [-0.2, -0.15) is 0 Å². The van der Waals surface area contributed by atoms with E-state index in [1.54, 1.807) is 6.07 Å². The summed E-state index contributed by atoms with van der Waals surface area (Å²) in [6, 6.07) is 5.12. The highest BCUT2D eigenvalue weighted by Gasteiger charge is 1.97. The van der Waals surface area contributed by atoms with Crippen LogP contribution in [0.2, 0.25) is 0 Å². The van der Waals surface area contributed by atoms with Crippen LogP contribution in [-0.4, -0.2) is 0 Å². The lowest BCUT2D eigenvalue weighted by molar-refractivity contribution is 0.592. The van der Waals surface area contributed by atoms with E-state index in [-0.39, 0.29) is 5.82 Å². The molecule has 0 aliphatic heterocycles. The second-order valence-corrected chi connectivity index (χ2v) is 5.84. The molecule has 0 saturated heterocycles. The van der Waals surface area contributed by atoms with Crippen molar-refractivity contribution < 1.29 is 4.39 Å². The smallest absolute Gasteiger partial charge is 0.137 e. The van der Waals surface area contributed by atoms with Crippen molar-refractivity contribution in [1.82, 2.24) is 0 Å². The van der Waals surface area contributed by atoms with Gasteiger partial charge < -0.3 is 0 Å². The Bertz CT molecular complexity index is 385. The van der Waals surface area contributed by atoms with Crippen molar-refractivity contribution in [2.75, 3.05) is 0 Å². The minimum absolute atomic E-state index is 0.204. The fourth-order valence-corrected chi connectivity index (χ4v) is 2.45. The van der Waals surface area contributed by atoms with Gasteiger partial charge in [0.25, 0.3) is 0 Å². The summed E-state index contributed by atoms with van der Waals surface area (Å²) in [6.07, 6.45) is 14.8. The highest BCUT2D eigenvalue weighted by atomic mass is 79.9. The van der Waals surface area contributed by atoms with Gasteiger partial charge in [-0.05, 0) is 46.5 Å². The van der Waals surface area contributed by atoms with Gasteiger partial charge in [-0.1, -0.05) is 63.7 Å². The maximum Gasteiger partial charge on any atom is 0.137 e. The molecule has 1 aromatic carbocycles. The van der Waals surface area contributed by atoms with Crippen molar-refractivity contribution in [2.24, 2.45) is 0 Å². The van der Waals surface area contributed by atoms with E-state index in [2.05, 4.69) is 35.0 Å². The molecule has 0 spiro atoms. The molecule has 1 aromatic rings. The minimum atomic E-state index is -0.204. The molecule has 0 aliphatic carbocycles. The number of benzene rings is 1. The Labute approximate surface area is 125 Å². The molecule has 0 bridgehead atoms. The number of halogens is 2. The van der Waals surface area contributed by atoms with Gasteiger partial charge in [-0.3, -0.25) is 0 Å². The Morgan fingerprint density at radius 2 is 1.74 bits per heavy atom. The van der Waals surface area contributed by atoms with Gasteiger partial charge in [0.1, 0.15) is 5.82 Å². The van der Waals surface area contributed by atoms with Gasteiger partial charge in [0.05, 0.1) is 4.47 Å². The lowest BCUT2D eigenvalue weighted by Gasteiger charge is -1.99. The summed E-state index contributed by atoms with van der Waals surface area (Å²) in [4.78, 5) is 0. The van der Waals surface area contributed by atoms with Crippen molar-refractivity contribution in [3.8, 4) is 0 Å². The lowest BCUT2D eigenvalue weighted by Crippen LogP contribution is -1.80. The van der Waals surface area contributed by atoms with E-state index in [9.17, 15) is 4.39 Å². The Balaban J connectivity index is 2.11. The second-order valence-electron chi connectivity index (χ2n) is 4.99. The molecule has 1 rings (SSSR count). The van der Waals surface area contributed by atoms with Gasteiger partial charge in [0.15, 0.2) is 0 Å². The fourth-order valence-electron chi connectivity index (χ4n) is 2.05. The second kappa shape index (κ2) is 10.2. The van der Waals surface area contributed by atoms with Gasteiger partial charge in [-0.25, -0.2) is 4.39 Å². The van der Waals surface area contributed by atoms with Crippen LogP contribution in [0.25, 0.3) is 6.08 Å². The summed E-state index contributed by atoms with van der Waals surface area (Å²) in [5, 5.41) is 0. The normalized spacial score (nSPS) is 11.3. The molecule has 0 nitrogen and oxygen atoms in total. The van der Waals surface area contributed by atoms with Gasteiger partial charge in [0.2, 0.25) is 0 Å². The SMILES string of the molecule is CCCCCCCCCC=Cc1ccc(F)c(Br)c1. The molecule has 106 valence electrons. The summed E-state index contributed by atoms with van der Waals surface area (Å²) in [5.74, 6) is -0.204. The van der Waals surface area contributed by atoms with E-state index >= 15 is 0 Å². The number of hydrogen-bond acceptors (Lipinski definition) is 0. The van der Waals surface area contributed by atoms with Crippen LogP contribution in [0.15, 0.2) is 28.7 Å². The number of allylic oxidation sites excluding steroid dienone is 1. The maximum absolute atomic E-state index is 13.0. The topological polar surface area (TPSA) is 0 Å². The van der Waals surface area contributed by atoms with Gasteiger partial charge in [0, 0.05) is 0 Å². The van der Waals surface area contributed by atoms with Crippen LogP contribution in [0.3, 0.4) is 0 Å². The van der Waals surface area contributed by atoms with Crippen LogP contribution >= 0.6 is 15.9 Å². The third kappa shape index (κ3) is 7.51. The number of hydrogen-bond donors (Lipinski definition) is 0. The quantitative estimate of drug-likeness (QED) is 0.440. The van der Waals surface area contributed by atoms with Crippen molar-refractivity contribution in [3.63, 3.8) is 0 Å². The molecule has 19 heavy (non-hydrogen) atoms. The van der Waals surface area contributed by atoms with Crippen LogP contribution in [0.1, 0.15) is 63.9 Å². The molecule has 0 N–H and O–H groups in total. The van der Waals surface area contributed by atoms with Crippen LogP contribution in [0.4, 0.5) is 4.39 Å². The standard InChI is InChI=1S/C17H24BrF/c1-2-3-4-5-6-7-8-9-10-11-15-12-13-17(19)16(18)14-15/h10-14H,2-9H2,1H3. The average molecular weight is 327 g/mol. The average Bonchev–Trinajstić information content (AvgIpc) is 2.41. The summed E-state index contributed by atoms with van der Waals surface area (Å²) in [6.45, 7) is 2.25. The maximum atomic E-state index is 13.0. The van der Waals surface area contributed by atoms with E-state index in [4.69, 9.17) is 0 Å². The van der Waals surface area contributed by atoms with Gasteiger partial charge in [-0.15, -0.1) is 0 Å². The zero-order valence-electron chi connectivity index (χ0n) is 11.8. The van der Waals surface area contributed by atoms with Crippen molar-refractivity contribution in [1.29, 1.82) is 0 Å². The Hall–Kier alpha value is -0.630. The minimum Gasteiger partial charge on any atom is -0.206 e. The van der Waals surface area contributed by atoms with E-state index in [0.717, 1.165) is 12.0 Å². The molecule has 0 unspecified atom stereocenters. The van der Waals surface area contributed by atoms with Crippen molar-refractivity contribution in [3.05, 3.63) is 40.1 Å². The van der Waals surface area contributed by atoms with E-state index in [1.807, 2.05) is 6.07 Å². The highest BCUT2D eigenvalue weighted by Crippen LogP contribution is 2.18. The van der Waals surface area contributed by atoms with Crippen molar-refractivity contribution in [2.45, 2.75) is 58.3 Å². The molecule has 0 heterocycles. The number of rotatable bonds is 9. The molecule has 0 atom stereocenters. The van der Waals surface area contributed by atoms with Crippen molar-refractivity contribution >= 4 is 22.0 Å².